The Morgan fingerprint density at radius 1 is 0.857 bits per heavy atom. The third kappa shape index (κ3) is 4.01. The van der Waals surface area contributed by atoms with Crippen molar-refractivity contribution in [1.29, 1.82) is 0 Å². The number of aromatic nitrogens is 1. The van der Waals surface area contributed by atoms with Gasteiger partial charge in [0.2, 0.25) is 0 Å². The van der Waals surface area contributed by atoms with Crippen LogP contribution >= 0.6 is 0 Å². The number of aryl methyl sites for hydroxylation is 1. The first-order chi connectivity index (χ1) is 13.7. The number of carbonyl (C=O) groups is 1. The number of nitrogens with zero attached hydrogens (tertiary/aromatic N) is 1. The Hall–Kier alpha value is -3.66. The fraction of sp³-hybridized carbons (Fsp3) is 0.0833. The van der Waals surface area contributed by atoms with Gasteiger partial charge in [-0.1, -0.05) is 77.5 Å². The fourth-order valence-electron chi connectivity index (χ4n) is 2.89. The monoisotopic (exact) mass is 369 g/mol. The molecule has 0 spiro atoms. The molecule has 138 valence electrons. The van der Waals surface area contributed by atoms with E-state index < -0.39 is 0 Å². The summed E-state index contributed by atoms with van der Waals surface area (Å²) in [6, 6.07) is 27.1. The van der Waals surface area contributed by atoms with Crippen molar-refractivity contribution in [2.75, 3.05) is 0 Å². The Morgan fingerprint density at radius 2 is 1.50 bits per heavy atom. The number of esters is 1. The van der Waals surface area contributed by atoms with Crippen LogP contribution in [0.4, 0.5) is 0 Å². The van der Waals surface area contributed by atoms with E-state index in [1.807, 2.05) is 73.7 Å². The van der Waals surface area contributed by atoms with E-state index in [1.54, 1.807) is 18.2 Å². The van der Waals surface area contributed by atoms with Gasteiger partial charge < -0.3 is 9.26 Å². The first kappa shape index (κ1) is 17.7. The molecule has 4 heteroatoms. The molecular weight excluding hydrogens is 350 g/mol. The van der Waals surface area contributed by atoms with Crippen LogP contribution in [0.15, 0.2) is 89.5 Å². The molecule has 0 radical (unpaired) electrons. The van der Waals surface area contributed by atoms with Crippen molar-refractivity contribution in [2.45, 2.75) is 13.5 Å². The van der Waals surface area contributed by atoms with Gasteiger partial charge in [0, 0.05) is 11.6 Å². The molecule has 0 atom stereocenters. The molecule has 0 N–H and O–H groups in total. The normalized spacial score (nSPS) is 10.6. The number of benzene rings is 3. The van der Waals surface area contributed by atoms with Gasteiger partial charge in [-0.3, -0.25) is 0 Å². The molecular formula is C24H19NO3. The van der Waals surface area contributed by atoms with Crippen LogP contribution in [-0.2, 0) is 11.3 Å². The molecule has 1 heterocycles. The highest BCUT2D eigenvalue weighted by atomic mass is 16.5. The molecule has 0 aliphatic heterocycles. The second kappa shape index (κ2) is 7.92. The molecule has 28 heavy (non-hydrogen) atoms. The van der Waals surface area contributed by atoms with Gasteiger partial charge in [-0.25, -0.2) is 4.79 Å². The third-order valence-electron chi connectivity index (χ3n) is 4.47. The minimum atomic E-state index is -0.389. The average molecular weight is 369 g/mol. The second-order valence-electron chi connectivity index (χ2n) is 6.57. The maximum Gasteiger partial charge on any atom is 0.338 e. The zero-order valence-corrected chi connectivity index (χ0v) is 15.5. The van der Waals surface area contributed by atoms with E-state index in [0.29, 0.717) is 17.0 Å². The van der Waals surface area contributed by atoms with Crippen molar-refractivity contribution in [2.24, 2.45) is 0 Å². The van der Waals surface area contributed by atoms with E-state index in [1.165, 1.54) is 5.56 Å². The zero-order chi connectivity index (χ0) is 19.3. The standard InChI is InChI=1S/C24H19NO3/c1-17-7-9-20(10-8-17)23-15-22(25-28-23)16-27-24(26)21-13-11-19(12-14-21)18-5-3-2-4-6-18/h2-15H,16H2,1H3. The quantitative estimate of drug-likeness (QED) is 0.425. The van der Waals surface area contributed by atoms with Gasteiger partial charge >= 0.3 is 5.97 Å². The minimum absolute atomic E-state index is 0.0641. The zero-order valence-electron chi connectivity index (χ0n) is 15.5. The van der Waals surface area contributed by atoms with Gasteiger partial charge in [0.05, 0.1) is 5.56 Å². The van der Waals surface area contributed by atoms with Crippen LogP contribution in [0.2, 0.25) is 0 Å². The number of rotatable bonds is 5. The number of hydrogen-bond donors (Lipinski definition) is 0. The van der Waals surface area contributed by atoms with Crippen molar-refractivity contribution < 1.29 is 14.1 Å². The molecule has 4 aromatic rings. The molecule has 0 amide bonds. The van der Waals surface area contributed by atoms with Gasteiger partial charge in [0.25, 0.3) is 0 Å². The van der Waals surface area contributed by atoms with E-state index in [-0.39, 0.29) is 12.6 Å². The predicted octanol–water partition coefficient (Wildman–Crippen LogP) is 5.67. The predicted molar refractivity (Wildman–Crippen MR) is 108 cm³/mol. The summed E-state index contributed by atoms with van der Waals surface area (Å²) < 4.78 is 10.7. The molecule has 0 unspecified atom stereocenters. The van der Waals surface area contributed by atoms with Crippen LogP contribution < -0.4 is 0 Å². The molecule has 0 bridgehead atoms. The molecule has 0 fully saturated rings. The topological polar surface area (TPSA) is 52.3 Å². The Balaban J connectivity index is 1.39. The highest BCUT2D eigenvalue weighted by molar-refractivity contribution is 5.90. The Kier molecular flexibility index (Phi) is 5.02. The molecule has 0 aliphatic carbocycles. The van der Waals surface area contributed by atoms with E-state index in [0.717, 1.165) is 16.7 Å². The van der Waals surface area contributed by atoms with Crippen molar-refractivity contribution in [3.8, 4) is 22.5 Å². The summed E-state index contributed by atoms with van der Waals surface area (Å²) in [5.74, 6) is 0.262. The summed E-state index contributed by atoms with van der Waals surface area (Å²) in [7, 11) is 0. The van der Waals surface area contributed by atoms with Crippen LogP contribution in [0.1, 0.15) is 21.6 Å². The number of carbonyl (C=O) groups excluding carboxylic acids is 1. The van der Waals surface area contributed by atoms with Crippen LogP contribution in [0.3, 0.4) is 0 Å². The minimum Gasteiger partial charge on any atom is -0.455 e. The Morgan fingerprint density at radius 3 is 2.21 bits per heavy atom. The van der Waals surface area contributed by atoms with E-state index >= 15 is 0 Å². The first-order valence-electron chi connectivity index (χ1n) is 9.04. The molecule has 3 aromatic carbocycles. The molecule has 0 aliphatic rings. The number of hydrogen-bond acceptors (Lipinski definition) is 4. The first-order valence-corrected chi connectivity index (χ1v) is 9.04. The van der Waals surface area contributed by atoms with Crippen LogP contribution in [0.5, 0.6) is 0 Å². The van der Waals surface area contributed by atoms with Crippen molar-refractivity contribution >= 4 is 5.97 Å². The maximum absolute atomic E-state index is 12.3. The summed E-state index contributed by atoms with van der Waals surface area (Å²) in [6.07, 6.45) is 0. The summed E-state index contributed by atoms with van der Waals surface area (Å²) >= 11 is 0. The summed E-state index contributed by atoms with van der Waals surface area (Å²) in [6.45, 7) is 2.09. The lowest BCUT2D eigenvalue weighted by atomic mass is 10.0. The lowest BCUT2D eigenvalue weighted by molar-refractivity contribution is 0.0464. The van der Waals surface area contributed by atoms with Crippen LogP contribution in [0.25, 0.3) is 22.5 Å². The maximum atomic E-state index is 12.3. The van der Waals surface area contributed by atoms with Crippen LogP contribution in [-0.4, -0.2) is 11.1 Å². The number of ether oxygens (including phenoxy) is 1. The lowest BCUT2D eigenvalue weighted by Crippen LogP contribution is -2.05. The van der Waals surface area contributed by atoms with Gasteiger partial charge in [0.1, 0.15) is 12.3 Å². The van der Waals surface area contributed by atoms with Gasteiger partial charge in [-0.2, -0.15) is 0 Å². The van der Waals surface area contributed by atoms with Crippen LogP contribution in [0, 0.1) is 6.92 Å². The SMILES string of the molecule is Cc1ccc(-c2cc(COC(=O)c3ccc(-c4ccccc4)cc3)no2)cc1. The average Bonchev–Trinajstić information content (AvgIpc) is 3.22. The molecule has 4 nitrogen and oxygen atoms in total. The molecule has 0 saturated heterocycles. The molecule has 0 saturated carbocycles. The van der Waals surface area contributed by atoms with Gasteiger partial charge in [0.15, 0.2) is 5.76 Å². The highest BCUT2D eigenvalue weighted by Crippen LogP contribution is 2.22. The summed E-state index contributed by atoms with van der Waals surface area (Å²) in [5.41, 5.74) is 5.35. The molecule has 1 aromatic heterocycles. The third-order valence-corrected chi connectivity index (χ3v) is 4.47. The van der Waals surface area contributed by atoms with Crippen molar-refractivity contribution in [1.82, 2.24) is 5.16 Å². The van der Waals surface area contributed by atoms with E-state index in [9.17, 15) is 4.79 Å². The summed E-state index contributed by atoms with van der Waals surface area (Å²) in [5, 5.41) is 3.98. The van der Waals surface area contributed by atoms with Gasteiger partial charge in [-0.05, 0) is 30.2 Å². The second-order valence-corrected chi connectivity index (χ2v) is 6.57. The summed E-state index contributed by atoms with van der Waals surface area (Å²) in [4.78, 5) is 12.3. The van der Waals surface area contributed by atoms with Gasteiger partial charge in [-0.15, -0.1) is 0 Å². The Labute approximate surface area is 163 Å². The lowest BCUT2D eigenvalue weighted by Gasteiger charge is -2.05. The van der Waals surface area contributed by atoms with E-state index in [2.05, 4.69) is 5.16 Å². The van der Waals surface area contributed by atoms with E-state index in [4.69, 9.17) is 9.26 Å². The Bertz CT molecular complexity index is 1070. The van der Waals surface area contributed by atoms with Crippen molar-refractivity contribution in [3.63, 3.8) is 0 Å². The smallest absolute Gasteiger partial charge is 0.338 e. The largest absolute Gasteiger partial charge is 0.455 e. The van der Waals surface area contributed by atoms with Crippen molar-refractivity contribution in [3.05, 3.63) is 102 Å². The highest BCUT2D eigenvalue weighted by Gasteiger charge is 2.11. The fourth-order valence-corrected chi connectivity index (χ4v) is 2.89. The molecule has 4 rings (SSSR count).